The van der Waals surface area contributed by atoms with Crippen LogP contribution in [-0.4, -0.2) is 47.5 Å². The van der Waals surface area contributed by atoms with Gasteiger partial charge in [0.05, 0.1) is 11.1 Å². The van der Waals surface area contributed by atoms with Crippen LogP contribution in [0.25, 0.3) is 0 Å². The summed E-state index contributed by atoms with van der Waals surface area (Å²) in [7, 11) is 0. The predicted molar refractivity (Wildman–Crippen MR) is 103 cm³/mol. The minimum atomic E-state index is -1.18. The van der Waals surface area contributed by atoms with Crippen molar-refractivity contribution in [2.24, 2.45) is 0 Å². The lowest BCUT2D eigenvalue weighted by Gasteiger charge is -2.22. The number of hydrogen-bond donors (Lipinski definition) is 1. The van der Waals surface area contributed by atoms with Crippen LogP contribution in [0, 0.1) is 0 Å². The van der Waals surface area contributed by atoms with Crippen molar-refractivity contribution in [3.63, 3.8) is 0 Å². The number of ether oxygens (including phenoxy) is 3. The summed E-state index contributed by atoms with van der Waals surface area (Å²) < 4.78 is 15.7. The van der Waals surface area contributed by atoms with Gasteiger partial charge in [-0.05, 0) is 38.1 Å². The van der Waals surface area contributed by atoms with E-state index in [0.717, 1.165) is 4.90 Å². The molecular weight excluding hydrogens is 392 g/mol. The fourth-order valence-corrected chi connectivity index (χ4v) is 3.21. The molecule has 9 nitrogen and oxygen atoms in total. The molecule has 4 rings (SSSR count). The number of carbonyl (C=O) groups excluding carboxylic acids is 4. The molecule has 0 saturated carbocycles. The highest BCUT2D eigenvalue weighted by Gasteiger charge is 2.41. The standard InChI is InChI=1S/C21H18N2O7/c1-11(23-19(25)14-5-3-4-6-15(14)20(23)26)21(27)30-12(2)18(24)22-13-7-8-16-17(9-13)29-10-28-16/h3-9,11-12H,10H2,1-2H3,(H,22,24)/t11-,12-/m0/s1. The molecule has 0 bridgehead atoms. The van der Waals surface area contributed by atoms with Crippen LogP contribution in [-0.2, 0) is 14.3 Å². The van der Waals surface area contributed by atoms with E-state index in [0.29, 0.717) is 17.2 Å². The molecule has 0 saturated heterocycles. The SMILES string of the molecule is C[C@H](OC(=O)[C@H](C)N1C(=O)c2ccccc2C1=O)C(=O)Nc1ccc2c(c1)OCO2. The van der Waals surface area contributed by atoms with Crippen molar-refractivity contribution in [2.45, 2.75) is 26.0 Å². The monoisotopic (exact) mass is 410 g/mol. The normalized spacial score (nSPS) is 16.1. The zero-order valence-corrected chi connectivity index (χ0v) is 16.2. The van der Waals surface area contributed by atoms with E-state index >= 15 is 0 Å². The predicted octanol–water partition coefficient (Wildman–Crippen LogP) is 1.97. The molecule has 2 aliphatic heterocycles. The van der Waals surface area contributed by atoms with E-state index < -0.39 is 35.8 Å². The van der Waals surface area contributed by atoms with Gasteiger partial charge in [-0.2, -0.15) is 0 Å². The lowest BCUT2D eigenvalue weighted by molar-refractivity contribution is -0.156. The Morgan fingerprint density at radius 3 is 2.30 bits per heavy atom. The summed E-state index contributed by atoms with van der Waals surface area (Å²) in [6.07, 6.45) is -1.15. The number of nitrogens with zero attached hydrogens (tertiary/aromatic N) is 1. The minimum Gasteiger partial charge on any atom is -0.454 e. The number of imide groups is 1. The van der Waals surface area contributed by atoms with Crippen molar-refractivity contribution in [3.05, 3.63) is 53.6 Å². The van der Waals surface area contributed by atoms with Crippen LogP contribution in [0.15, 0.2) is 42.5 Å². The van der Waals surface area contributed by atoms with Crippen molar-refractivity contribution >= 4 is 29.4 Å². The number of anilines is 1. The molecule has 0 unspecified atom stereocenters. The highest BCUT2D eigenvalue weighted by molar-refractivity contribution is 6.22. The molecule has 154 valence electrons. The van der Waals surface area contributed by atoms with E-state index in [1.807, 2.05) is 0 Å². The molecule has 2 aliphatic rings. The summed E-state index contributed by atoms with van der Waals surface area (Å²) in [5.41, 5.74) is 0.909. The van der Waals surface area contributed by atoms with Crippen molar-refractivity contribution in [1.29, 1.82) is 0 Å². The number of carbonyl (C=O) groups is 4. The number of benzene rings is 2. The fraction of sp³-hybridized carbons (Fsp3) is 0.238. The molecule has 0 radical (unpaired) electrons. The lowest BCUT2D eigenvalue weighted by Crippen LogP contribution is -2.45. The van der Waals surface area contributed by atoms with E-state index in [1.165, 1.54) is 26.0 Å². The summed E-state index contributed by atoms with van der Waals surface area (Å²) in [5, 5.41) is 2.62. The number of rotatable bonds is 5. The number of fused-ring (bicyclic) bond motifs is 2. The van der Waals surface area contributed by atoms with Gasteiger partial charge >= 0.3 is 5.97 Å². The third-order valence-electron chi connectivity index (χ3n) is 4.86. The average molecular weight is 410 g/mol. The number of hydrogen-bond acceptors (Lipinski definition) is 7. The van der Waals surface area contributed by atoms with Gasteiger partial charge in [-0.25, -0.2) is 4.79 Å². The molecule has 0 fully saturated rings. The highest BCUT2D eigenvalue weighted by atomic mass is 16.7. The lowest BCUT2D eigenvalue weighted by atomic mass is 10.1. The first-order chi connectivity index (χ1) is 14.4. The molecule has 0 aromatic heterocycles. The van der Waals surface area contributed by atoms with Crippen LogP contribution < -0.4 is 14.8 Å². The second kappa shape index (κ2) is 7.51. The topological polar surface area (TPSA) is 111 Å². The average Bonchev–Trinajstić information content (AvgIpc) is 3.30. The van der Waals surface area contributed by atoms with Gasteiger partial charge in [0.1, 0.15) is 6.04 Å². The van der Waals surface area contributed by atoms with Crippen LogP contribution >= 0.6 is 0 Å². The third-order valence-corrected chi connectivity index (χ3v) is 4.86. The van der Waals surface area contributed by atoms with Crippen LogP contribution in [0.4, 0.5) is 5.69 Å². The van der Waals surface area contributed by atoms with Gasteiger partial charge in [-0.15, -0.1) is 0 Å². The first kappa shape index (κ1) is 19.4. The Labute approximate surface area is 171 Å². The maximum Gasteiger partial charge on any atom is 0.329 e. The summed E-state index contributed by atoms with van der Waals surface area (Å²) in [6.45, 7) is 2.89. The molecule has 2 aromatic rings. The molecular formula is C21H18N2O7. The first-order valence-electron chi connectivity index (χ1n) is 9.24. The molecule has 1 N–H and O–H groups in total. The molecule has 0 spiro atoms. The second-order valence-corrected chi connectivity index (χ2v) is 6.84. The Bertz CT molecular complexity index is 1030. The van der Waals surface area contributed by atoms with Gasteiger partial charge in [-0.3, -0.25) is 19.3 Å². The van der Waals surface area contributed by atoms with Gasteiger partial charge in [-0.1, -0.05) is 12.1 Å². The van der Waals surface area contributed by atoms with Crippen LogP contribution in [0.1, 0.15) is 34.6 Å². The second-order valence-electron chi connectivity index (χ2n) is 6.84. The molecule has 2 aromatic carbocycles. The van der Waals surface area contributed by atoms with Crippen LogP contribution in [0.5, 0.6) is 11.5 Å². The Hall–Kier alpha value is -3.88. The van der Waals surface area contributed by atoms with Gasteiger partial charge in [0, 0.05) is 11.8 Å². The van der Waals surface area contributed by atoms with E-state index in [9.17, 15) is 19.2 Å². The molecule has 30 heavy (non-hydrogen) atoms. The highest BCUT2D eigenvalue weighted by Crippen LogP contribution is 2.34. The van der Waals surface area contributed by atoms with Crippen LogP contribution in [0.2, 0.25) is 0 Å². The summed E-state index contributed by atoms with van der Waals surface area (Å²) in [5.74, 6) is -1.51. The first-order valence-corrected chi connectivity index (χ1v) is 9.24. The summed E-state index contributed by atoms with van der Waals surface area (Å²) in [6, 6.07) is 10.0. The Morgan fingerprint density at radius 2 is 1.63 bits per heavy atom. The Kier molecular flexibility index (Phi) is 4.86. The summed E-state index contributed by atoms with van der Waals surface area (Å²) in [4.78, 5) is 50.7. The summed E-state index contributed by atoms with van der Waals surface area (Å²) >= 11 is 0. The smallest absolute Gasteiger partial charge is 0.329 e. The maximum atomic E-state index is 12.5. The van der Waals surface area contributed by atoms with Crippen molar-refractivity contribution in [1.82, 2.24) is 4.90 Å². The van der Waals surface area contributed by atoms with E-state index in [1.54, 1.807) is 30.3 Å². The maximum absolute atomic E-state index is 12.5. The molecule has 0 aliphatic carbocycles. The van der Waals surface area contributed by atoms with E-state index in [4.69, 9.17) is 14.2 Å². The molecule has 3 amide bonds. The Balaban J connectivity index is 1.39. The quantitative estimate of drug-likeness (QED) is 0.593. The van der Waals surface area contributed by atoms with Crippen molar-refractivity contribution in [2.75, 3.05) is 12.1 Å². The van der Waals surface area contributed by atoms with Gasteiger partial charge < -0.3 is 19.5 Å². The van der Waals surface area contributed by atoms with Gasteiger partial charge in [0.25, 0.3) is 17.7 Å². The van der Waals surface area contributed by atoms with Crippen LogP contribution in [0.3, 0.4) is 0 Å². The fourth-order valence-electron chi connectivity index (χ4n) is 3.21. The van der Waals surface area contributed by atoms with Gasteiger partial charge in [0.2, 0.25) is 6.79 Å². The number of amides is 3. The van der Waals surface area contributed by atoms with E-state index in [2.05, 4.69) is 5.32 Å². The van der Waals surface area contributed by atoms with Crippen molar-refractivity contribution < 1.29 is 33.4 Å². The van der Waals surface area contributed by atoms with Gasteiger partial charge in [0.15, 0.2) is 17.6 Å². The Morgan fingerprint density at radius 1 is 1.00 bits per heavy atom. The largest absolute Gasteiger partial charge is 0.454 e. The zero-order valence-electron chi connectivity index (χ0n) is 16.2. The zero-order chi connectivity index (χ0) is 21.4. The van der Waals surface area contributed by atoms with E-state index in [-0.39, 0.29) is 17.9 Å². The minimum absolute atomic E-state index is 0.108. The molecule has 9 heteroatoms. The third kappa shape index (κ3) is 3.34. The van der Waals surface area contributed by atoms with Crippen molar-refractivity contribution in [3.8, 4) is 11.5 Å². The number of esters is 1. The molecule has 2 atom stereocenters. The number of nitrogens with one attached hydrogen (secondary N) is 1. The molecule has 2 heterocycles.